The molecule has 1 aromatic carbocycles. The third kappa shape index (κ3) is 2.78. The number of hydrogen-bond donors (Lipinski definition) is 3. The van der Waals surface area contributed by atoms with Crippen LogP contribution in [0.2, 0.25) is 0 Å². The molecule has 3 N–H and O–H groups in total. The van der Waals surface area contributed by atoms with Crippen LogP contribution in [0.25, 0.3) is 0 Å². The Morgan fingerprint density at radius 1 is 1.29 bits per heavy atom. The molecule has 0 atom stereocenters. The van der Waals surface area contributed by atoms with Gasteiger partial charge in [-0.05, 0) is 17.7 Å². The third-order valence-corrected chi connectivity index (χ3v) is 4.24. The molecule has 0 radical (unpaired) electrons. The molecule has 0 unspecified atom stereocenters. The van der Waals surface area contributed by atoms with E-state index in [1.807, 2.05) is 26.0 Å². The van der Waals surface area contributed by atoms with E-state index in [1.165, 1.54) is 6.08 Å². The van der Waals surface area contributed by atoms with Crippen LogP contribution in [0.15, 0.2) is 30.0 Å². The number of carbonyl (C=O) groups is 3. The first kappa shape index (κ1) is 16.2. The van der Waals surface area contributed by atoms with Crippen LogP contribution < -0.4 is 10.6 Å². The lowest BCUT2D eigenvalue weighted by atomic mass is 9.78. The highest BCUT2D eigenvalue weighted by molar-refractivity contribution is 6.17. The van der Waals surface area contributed by atoms with Gasteiger partial charge in [0.1, 0.15) is 5.70 Å². The van der Waals surface area contributed by atoms with E-state index in [9.17, 15) is 14.4 Å². The van der Waals surface area contributed by atoms with Gasteiger partial charge >= 0.3 is 0 Å². The van der Waals surface area contributed by atoms with Crippen molar-refractivity contribution in [1.82, 2.24) is 4.90 Å². The van der Waals surface area contributed by atoms with Gasteiger partial charge in [-0.3, -0.25) is 19.3 Å². The summed E-state index contributed by atoms with van der Waals surface area (Å²) < 4.78 is 0. The molecule has 0 aromatic heterocycles. The molecule has 3 amide bonds. The number of aliphatic hydroxyl groups excluding tert-OH is 1. The number of imide groups is 1. The minimum atomic E-state index is -0.476. The number of nitrogens with zero attached hydrogens (tertiary/aromatic N) is 1. The van der Waals surface area contributed by atoms with Gasteiger partial charge in [0.25, 0.3) is 11.8 Å². The highest BCUT2D eigenvalue weighted by Crippen LogP contribution is 2.38. The zero-order chi connectivity index (χ0) is 17.5. The second-order valence-electron chi connectivity index (χ2n) is 6.57. The average molecular weight is 329 g/mol. The number of carbonyl (C=O) groups excluding carboxylic acids is 3. The van der Waals surface area contributed by atoms with Gasteiger partial charge in [-0.1, -0.05) is 19.9 Å². The second kappa shape index (κ2) is 5.76. The van der Waals surface area contributed by atoms with E-state index in [2.05, 4.69) is 10.6 Å². The molecule has 0 saturated carbocycles. The first-order chi connectivity index (χ1) is 11.3. The fraction of sp³-hybridized carbons (Fsp3) is 0.353. The van der Waals surface area contributed by atoms with Gasteiger partial charge in [0, 0.05) is 29.3 Å². The van der Waals surface area contributed by atoms with Crippen molar-refractivity contribution < 1.29 is 19.5 Å². The molecule has 0 spiro atoms. The van der Waals surface area contributed by atoms with Crippen LogP contribution in [-0.4, -0.2) is 40.9 Å². The molecule has 3 rings (SSSR count). The third-order valence-electron chi connectivity index (χ3n) is 4.24. The summed E-state index contributed by atoms with van der Waals surface area (Å²) in [5.74, 6) is -0.981. The maximum absolute atomic E-state index is 12.1. The van der Waals surface area contributed by atoms with Crippen LogP contribution >= 0.6 is 0 Å². The Morgan fingerprint density at radius 3 is 2.75 bits per heavy atom. The highest BCUT2D eigenvalue weighted by Gasteiger charge is 2.33. The van der Waals surface area contributed by atoms with Crippen LogP contribution in [0.5, 0.6) is 0 Å². The standard InChI is InChI=1S/C17H19N3O4/c1-17(2)9-14(22)19-12-7-10(3-4-11(12)17)18-13-8-15(23)20(5-6-21)16(13)24/h3-4,7-8,18,21H,5-6,9H2,1-2H3,(H,19,22). The SMILES string of the molecule is CC1(C)CC(=O)Nc2cc(NC3=CC(=O)N(CCO)C3=O)ccc21. The fourth-order valence-electron chi connectivity index (χ4n) is 3.07. The number of fused-ring (bicyclic) bond motifs is 1. The molecule has 0 bridgehead atoms. The van der Waals surface area contributed by atoms with Crippen LogP contribution in [0, 0.1) is 0 Å². The molecule has 2 aliphatic rings. The normalized spacial score (nSPS) is 19.0. The molecule has 0 saturated heterocycles. The minimum Gasteiger partial charge on any atom is -0.395 e. The van der Waals surface area contributed by atoms with Crippen LogP contribution in [0.4, 0.5) is 11.4 Å². The van der Waals surface area contributed by atoms with E-state index < -0.39 is 11.8 Å². The number of aliphatic hydroxyl groups is 1. The first-order valence-corrected chi connectivity index (χ1v) is 7.71. The molecule has 7 heteroatoms. The molecule has 2 aliphatic heterocycles. The molecular formula is C17H19N3O4. The number of hydrogen-bond acceptors (Lipinski definition) is 5. The maximum Gasteiger partial charge on any atom is 0.277 e. The van der Waals surface area contributed by atoms with E-state index in [-0.39, 0.29) is 30.2 Å². The first-order valence-electron chi connectivity index (χ1n) is 7.71. The van der Waals surface area contributed by atoms with Gasteiger partial charge in [-0.2, -0.15) is 0 Å². The largest absolute Gasteiger partial charge is 0.395 e. The van der Waals surface area contributed by atoms with Gasteiger partial charge in [0.05, 0.1) is 13.2 Å². The summed E-state index contributed by atoms with van der Waals surface area (Å²) in [6.45, 7) is 3.70. The van der Waals surface area contributed by atoms with Crippen molar-refractivity contribution in [1.29, 1.82) is 0 Å². The minimum absolute atomic E-state index is 0.0339. The summed E-state index contributed by atoms with van der Waals surface area (Å²) in [6.07, 6.45) is 1.63. The fourth-order valence-corrected chi connectivity index (χ4v) is 3.07. The van der Waals surface area contributed by atoms with Crippen LogP contribution in [0.1, 0.15) is 25.8 Å². The molecule has 0 aliphatic carbocycles. The molecule has 7 nitrogen and oxygen atoms in total. The van der Waals surface area contributed by atoms with E-state index >= 15 is 0 Å². The van der Waals surface area contributed by atoms with Crippen molar-refractivity contribution in [2.24, 2.45) is 0 Å². The number of anilines is 2. The molecule has 2 heterocycles. The lowest BCUT2D eigenvalue weighted by Gasteiger charge is -2.32. The predicted octanol–water partition coefficient (Wildman–Crippen LogP) is 0.963. The van der Waals surface area contributed by atoms with Gasteiger partial charge in [-0.25, -0.2) is 0 Å². The number of amides is 3. The Labute approximate surface area is 139 Å². The Bertz CT molecular complexity index is 767. The van der Waals surface area contributed by atoms with E-state index in [4.69, 9.17) is 5.11 Å². The number of β-amino-alcohol motifs (C(OH)–C–C–N with tert-alkyl or cyclic N) is 1. The number of rotatable bonds is 4. The summed E-state index contributed by atoms with van der Waals surface area (Å²) >= 11 is 0. The molecule has 126 valence electrons. The van der Waals surface area contributed by atoms with Crippen molar-refractivity contribution in [3.63, 3.8) is 0 Å². The molecule has 24 heavy (non-hydrogen) atoms. The van der Waals surface area contributed by atoms with Gasteiger partial charge in [0.2, 0.25) is 5.91 Å². The van der Waals surface area contributed by atoms with E-state index in [0.29, 0.717) is 17.8 Å². The second-order valence-corrected chi connectivity index (χ2v) is 6.57. The summed E-state index contributed by atoms with van der Waals surface area (Å²) in [7, 11) is 0. The lowest BCUT2D eigenvalue weighted by Crippen LogP contribution is -2.34. The van der Waals surface area contributed by atoms with Crippen LogP contribution in [0.3, 0.4) is 0 Å². The average Bonchev–Trinajstić information content (AvgIpc) is 2.74. The molecule has 0 fully saturated rings. The zero-order valence-corrected chi connectivity index (χ0v) is 13.5. The van der Waals surface area contributed by atoms with E-state index in [1.54, 1.807) is 6.07 Å². The van der Waals surface area contributed by atoms with E-state index in [0.717, 1.165) is 10.5 Å². The van der Waals surface area contributed by atoms with Crippen molar-refractivity contribution in [2.45, 2.75) is 25.7 Å². The Balaban J connectivity index is 1.84. The van der Waals surface area contributed by atoms with Crippen molar-refractivity contribution in [2.75, 3.05) is 23.8 Å². The molecular weight excluding hydrogens is 310 g/mol. The maximum atomic E-state index is 12.1. The quantitative estimate of drug-likeness (QED) is 0.715. The number of benzene rings is 1. The summed E-state index contributed by atoms with van der Waals surface area (Å²) in [5.41, 5.74) is 2.22. The Hall–Kier alpha value is -2.67. The van der Waals surface area contributed by atoms with Crippen LogP contribution in [-0.2, 0) is 19.8 Å². The number of nitrogens with one attached hydrogen (secondary N) is 2. The predicted molar refractivity (Wildman–Crippen MR) is 88.2 cm³/mol. The Kier molecular flexibility index (Phi) is 3.88. The van der Waals surface area contributed by atoms with Gasteiger partial charge in [-0.15, -0.1) is 0 Å². The smallest absolute Gasteiger partial charge is 0.277 e. The monoisotopic (exact) mass is 329 g/mol. The molecule has 1 aromatic rings. The van der Waals surface area contributed by atoms with Crippen molar-refractivity contribution in [3.05, 3.63) is 35.5 Å². The summed E-state index contributed by atoms with van der Waals surface area (Å²) in [5, 5.41) is 14.7. The topological polar surface area (TPSA) is 98.7 Å². The lowest BCUT2D eigenvalue weighted by molar-refractivity contribution is -0.137. The summed E-state index contributed by atoms with van der Waals surface area (Å²) in [6, 6.07) is 5.47. The zero-order valence-electron chi connectivity index (χ0n) is 13.5. The van der Waals surface area contributed by atoms with Gasteiger partial charge < -0.3 is 15.7 Å². The van der Waals surface area contributed by atoms with Crippen molar-refractivity contribution >= 4 is 29.1 Å². The van der Waals surface area contributed by atoms with Crippen molar-refractivity contribution in [3.8, 4) is 0 Å². The summed E-state index contributed by atoms with van der Waals surface area (Å²) in [4.78, 5) is 36.7. The Morgan fingerprint density at radius 2 is 2.04 bits per heavy atom. The highest BCUT2D eigenvalue weighted by atomic mass is 16.3. The van der Waals surface area contributed by atoms with Gasteiger partial charge in [0.15, 0.2) is 0 Å².